The number of ether oxygens (including phenoxy) is 4. The lowest BCUT2D eigenvalue weighted by molar-refractivity contribution is -0.161. The first kappa shape index (κ1) is 92.1. The van der Waals surface area contributed by atoms with E-state index in [4.69, 9.17) is 37.0 Å². The number of carbonyl (C=O) groups excluding carboxylic acids is 4. The summed E-state index contributed by atoms with van der Waals surface area (Å²) in [5.41, 5.74) is 0. The molecule has 2 unspecified atom stereocenters. The van der Waals surface area contributed by atoms with Gasteiger partial charge in [-0.25, -0.2) is 9.13 Å². The molecule has 19 heteroatoms. The number of aliphatic hydroxyl groups excluding tert-OH is 1. The van der Waals surface area contributed by atoms with Gasteiger partial charge in [0.25, 0.3) is 0 Å². The van der Waals surface area contributed by atoms with Crippen molar-refractivity contribution < 1.29 is 80.2 Å². The first-order chi connectivity index (χ1) is 45.4. The van der Waals surface area contributed by atoms with E-state index in [9.17, 15) is 43.2 Å². The van der Waals surface area contributed by atoms with Gasteiger partial charge in [-0.15, -0.1) is 0 Å². The van der Waals surface area contributed by atoms with Gasteiger partial charge in [0.05, 0.1) is 26.4 Å². The molecule has 0 aliphatic rings. The van der Waals surface area contributed by atoms with E-state index in [2.05, 4.69) is 41.5 Å². The highest BCUT2D eigenvalue weighted by Gasteiger charge is 2.30. The topological polar surface area (TPSA) is 237 Å². The number of hydrogen-bond acceptors (Lipinski definition) is 15. The summed E-state index contributed by atoms with van der Waals surface area (Å²) in [7, 11) is -9.90. The average Bonchev–Trinajstić information content (AvgIpc) is 1.54. The molecular weight excluding hydrogens is 1230 g/mol. The molecule has 0 radical (unpaired) electrons. The van der Waals surface area contributed by atoms with E-state index in [1.165, 1.54) is 193 Å². The molecule has 94 heavy (non-hydrogen) atoms. The van der Waals surface area contributed by atoms with Crippen LogP contribution in [0.5, 0.6) is 0 Å². The second-order valence-corrected chi connectivity index (χ2v) is 30.9. The normalized spacial score (nSPS) is 14.0. The summed E-state index contributed by atoms with van der Waals surface area (Å²) in [5.74, 6) is -0.529. The van der Waals surface area contributed by atoms with Gasteiger partial charge >= 0.3 is 39.5 Å². The van der Waals surface area contributed by atoms with E-state index >= 15 is 0 Å². The molecule has 0 saturated carbocycles. The Balaban J connectivity index is 5.19. The molecule has 0 aromatic heterocycles. The monoisotopic (exact) mass is 1380 g/mol. The maximum absolute atomic E-state index is 13.1. The van der Waals surface area contributed by atoms with Crippen LogP contribution in [0.1, 0.15) is 388 Å². The summed E-state index contributed by atoms with van der Waals surface area (Å²) in [6, 6.07) is 0. The third kappa shape index (κ3) is 68.6. The van der Waals surface area contributed by atoms with Gasteiger partial charge in [0.15, 0.2) is 12.2 Å². The van der Waals surface area contributed by atoms with Crippen molar-refractivity contribution in [3.05, 3.63) is 0 Å². The van der Waals surface area contributed by atoms with Gasteiger partial charge in [0.1, 0.15) is 19.3 Å². The zero-order chi connectivity index (χ0) is 69.3. The van der Waals surface area contributed by atoms with Crippen molar-refractivity contribution in [1.29, 1.82) is 0 Å². The molecule has 17 nitrogen and oxygen atoms in total. The number of aliphatic hydroxyl groups is 1. The molecular formula is C75H146O17P2. The van der Waals surface area contributed by atoms with Crippen LogP contribution in [0.15, 0.2) is 0 Å². The quantitative estimate of drug-likeness (QED) is 0.0222. The van der Waals surface area contributed by atoms with Crippen molar-refractivity contribution in [1.82, 2.24) is 0 Å². The van der Waals surface area contributed by atoms with Crippen LogP contribution in [0.25, 0.3) is 0 Å². The summed E-state index contributed by atoms with van der Waals surface area (Å²) in [5, 5.41) is 10.6. The molecule has 0 heterocycles. The number of unbranched alkanes of at least 4 members (excludes halogenated alkanes) is 44. The lowest BCUT2D eigenvalue weighted by Crippen LogP contribution is -2.30. The maximum atomic E-state index is 13.1. The number of phosphoric ester groups is 2. The highest BCUT2D eigenvalue weighted by atomic mass is 31.2. The minimum absolute atomic E-state index is 0.107. The molecule has 0 aromatic rings. The molecule has 5 atom stereocenters. The van der Waals surface area contributed by atoms with E-state index in [-0.39, 0.29) is 25.7 Å². The zero-order valence-electron chi connectivity index (χ0n) is 61.3. The molecule has 0 amide bonds. The maximum Gasteiger partial charge on any atom is 0.472 e. The Morgan fingerprint density at radius 3 is 0.723 bits per heavy atom. The van der Waals surface area contributed by atoms with Gasteiger partial charge in [0, 0.05) is 25.7 Å². The summed E-state index contributed by atoms with van der Waals surface area (Å²) < 4.78 is 68.4. The Hall–Kier alpha value is -1.94. The number of esters is 4. The van der Waals surface area contributed by atoms with Crippen LogP contribution in [0.3, 0.4) is 0 Å². The van der Waals surface area contributed by atoms with Gasteiger partial charge in [-0.3, -0.25) is 37.3 Å². The molecule has 0 fully saturated rings. The second-order valence-electron chi connectivity index (χ2n) is 28.0. The first-order valence-corrected chi connectivity index (χ1v) is 42.0. The van der Waals surface area contributed by atoms with Crippen molar-refractivity contribution in [3.63, 3.8) is 0 Å². The Morgan fingerprint density at radius 2 is 0.489 bits per heavy atom. The van der Waals surface area contributed by atoms with Gasteiger partial charge in [0.2, 0.25) is 0 Å². The third-order valence-electron chi connectivity index (χ3n) is 17.5. The minimum Gasteiger partial charge on any atom is -0.462 e. The SMILES string of the molecule is CCCCCCCCCCCCCCCC(=O)O[C@H](COC(=O)CCCCCCCCC)COP(=O)(O)OC[C@H](O)COP(=O)(O)OC[C@@H](COC(=O)CCCCCCCCCCCCCCC(C)C)OC(=O)CCCCCCCCCCCCCCCCCCC(C)C. The minimum atomic E-state index is -4.96. The van der Waals surface area contributed by atoms with Crippen LogP contribution in [0.2, 0.25) is 0 Å². The van der Waals surface area contributed by atoms with Crippen LogP contribution >= 0.6 is 15.6 Å². The standard InChI is InChI=1S/C75H146O17P2/c1-7-9-11-13-15-16-17-22-30-35-41-47-53-59-74(79)91-70(63-85-72(77)57-51-45-37-14-12-10-8-2)65-89-93(81,82)87-61-69(76)62-88-94(83,84)90-66-71(64-86-73(78)58-52-46-40-34-29-26-25-28-33-39-44-50-56-68(5)6)92-75(80)60-54-48-42-36-31-24-21-19-18-20-23-27-32-38-43-49-55-67(3)4/h67-71,76H,7-66H2,1-6H3,(H,81,82)(H,83,84)/t69-,70+,71+/m0/s1. The van der Waals surface area contributed by atoms with Gasteiger partial charge < -0.3 is 33.8 Å². The second kappa shape index (κ2) is 66.9. The number of hydrogen-bond donors (Lipinski definition) is 3. The van der Waals surface area contributed by atoms with Crippen LogP contribution in [0, 0.1) is 11.8 Å². The molecule has 3 N–H and O–H groups in total. The molecule has 0 aliphatic heterocycles. The Kier molecular flexibility index (Phi) is 65.5. The van der Waals surface area contributed by atoms with E-state index in [1.807, 2.05) is 0 Å². The lowest BCUT2D eigenvalue weighted by atomic mass is 10.0. The van der Waals surface area contributed by atoms with E-state index in [0.717, 1.165) is 115 Å². The number of carbonyl (C=O) groups is 4. The van der Waals surface area contributed by atoms with E-state index in [1.54, 1.807) is 0 Å². The fourth-order valence-corrected chi connectivity index (χ4v) is 13.1. The van der Waals surface area contributed by atoms with Crippen LogP contribution in [-0.2, 0) is 65.4 Å². The van der Waals surface area contributed by atoms with Crippen molar-refractivity contribution >= 4 is 39.5 Å². The molecule has 558 valence electrons. The highest BCUT2D eigenvalue weighted by molar-refractivity contribution is 7.47. The van der Waals surface area contributed by atoms with Crippen LogP contribution < -0.4 is 0 Å². The molecule has 0 spiro atoms. The number of rotatable bonds is 74. The molecule has 0 aromatic carbocycles. The molecule has 0 saturated heterocycles. The van der Waals surface area contributed by atoms with Gasteiger partial charge in [-0.05, 0) is 37.5 Å². The Morgan fingerprint density at radius 1 is 0.287 bits per heavy atom. The summed E-state index contributed by atoms with van der Waals surface area (Å²) in [4.78, 5) is 72.6. The van der Waals surface area contributed by atoms with Gasteiger partial charge in [-0.1, -0.05) is 337 Å². The molecule has 0 bridgehead atoms. The lowest BCUT2D eigenvalue weighted by Gasteiger charge is -2.21. The smallest absolute Gasteiger partial charge is 0.462 e. The largest absolute Gasteiger partial charge is 0.472 e. The van der Waals surface area contributed by atoms with Crippen LogP contribution in [-0.4, -0.2) is 96.7 Å². The van der Waals surface area contributed by atoms with Crippen molar-refractivity contribution in [2.24, 2.45) is 11.8 Å². The van der Waals surface area contributed by atoms with E-state index in [0.29, 0.717) is 25.7 Å². The fourth-order valence-electron chi connectivity index (χ4n) is 11.5. The Labute approximate surface area is 575 Å². The van der Waals surface area contributed by atoms with E-state index < -0.39 is 97.5 Å². The van der Waals surface area contributed by atoms with Crippen molar-refractivity contribution in [2.75, 3.05) is 39.6 Å². The van der Waals surface area contributed by atoms with Crippen LogP contribution in [0.4, 0.5) is 0 Å². The zero-order valence-corrected chi connectivity index (χ0v) is 63.1. The number of phosphoric acid groups is 2. The molecule has 0 aliphatic carbocycles. The summed E-state index contributed by atoms with van der Waals surface area (Å²) >= 11 is 0. The Bertz CT molecular complexity index is 1820. The average molecular weight is 1380 g/mol. The van der Waals surface area contributed by atoms with Crippen molar-refractivity contribution in [3.8, 4) is 0 Å². The molecule has 0 rings (SSSR count). The first-order valence-electron chi connectivity index (χ1n) is 39.0. The fraction of sp³-hybridized carbons (Fsp3) is 0.947. The highest BCUT2D eigenvalue weighted by Crippen LogP contribution is 2.45. The predicted molar refractivity (Wildman–Crippen MR) is 381 cm³/mol. The summed E-state index contributed by atoms with van der Waals surface area (Å²) in [6.45, 7) is 9.59. The van der Waals surface area contributed by atoms with Crippen molar-refractivity contribution in [2.45, 2.75) is 407 Å². The summed E-state index contributed by atoms with van der Waals surface area (Å²) in [6.07, 6.45) is 54.2. The third-order valence-corrected chi connectivity index (χ3v) is 19.4. The predicted octanol–water partition coefficient (Wildman–Crippen LogP) is 21.9. The van der Waals surface area contributed by atoms with Gasteiger partial charge in [-0.2, -0.15) is 0 Å².